The second kappa shape index (κ2) is 10.7. The summed E-state index contributed by atoms with van der Waals surface area (Å²) >= 11 is 0. The van der Waals surface area contributed by atoms with Crippen LogP contribution in [0, 0.1) is 0 Å². The molecular weight excluding hydrogens is 394 g/mol. The minimum absolute atomic E-state index is 0.0771. The number of hydrogen-bond donors (Lipinski definition) is 1. The fourth-order valence-electron chi connectivity index (χ4n) is 3.15. The zero-order valence-electron chi connectivity index (χ0n) is 17.1. The van der Waals surface area contributed by atoms with Gasteiger partial charge in [-0.15, -0.1) is 0 Å². The van der Waals surface area contributed by atoms with E-state index in [1.165, 1.54) is 19.2 Å². The fourth-order valence-corrected chi connectivity index (χ4v) is 3.15. The molecule has 3 aromatic carbocycles. The molecule has 6 nitrogen and oxygen atoms in total. The van der Waals surface area contributed by atoms with Crippen LogP contribution in [0.5, 0.6) is 5.75 Å². The molecule has 0 saturated heterocycles. The van der Waals surface area contributed by atoms with Gasteiger partial charge in [0, 0.05) is 11.5 Å². The molecule has 0 aliphatic rings. The maximum Gasteiger partial charge on any atom is 0.307 e. The summed E-state index contributed by atoms with van der Waals surface area (Å²) in [5, 5.41) is 2.21. The predicted molar refractivity (Wildman–Crippen MR) is 116 cm³/mol. The SMILES string of the molecule is COc1ccc(C(=O)NC(=O)COC(=O)CC(c2ccccc2)c2ccccc2)cc1. The van der Waals surface area contributed by atoms with E-state index in [1.807, 2.05) is 60.7 Å². The van der Waals surface area contributed by atoms with Crippen molar-refractivity contribution in [2.45, 2.75) is 12.3 Å². The van der Waals surface area contributed by atoms with E-state index in [2.05, 4.69) is 5.32 Å². The Bertz CT molecular complexity index is 977. The molecule has 158 valence electrons. The zero-order chi connectivity index (χ0) is 22.1. The Kier molecular flexibility index (Phi) is 7.54. The highest BCUT2D eigenvalue weighted by Gasteiger charge is 2.20. The molecule has 0 atom stereocenters. The van der Waals surface area contributed by atoms with Gasteiger partial charge in [0.05, 0.1) is 13.5 Å². The monoisotopic (exact) mass is 417 g/mol. The highest BCUT2D eigenvalue weighted by molar-refractivity contribution is 6.05. The van der Waals surface area contributed by atoms with Gasteiger partial charge in [-0.3, -0.25) is 19.7 Å². The summed E-state index contributed by atoms with van der Waals surface area (Å²) in [6.07, 6.45) is 0.0771. The van der Waals surface area contributed by atoms with Crippen LogP contribution in [0.15, 0.2) is 84.9 Å². The minimum Gasteiger partial charge on any atom is -0.497 e. The van der Waals surface area contributed by atoms with Crippen molar-refractivity contribution >= 4 is 17.8 Å². The van der Waals surface area contributed by atoms with Crippen LogP contribution in [0.2, 0.25) is 0 Å². The quantitative estimate of drug-likeness (QED) is 0.565. The summed E-state index contributed by atoms with van der Waals surface area (Å²) in [6.45, 7) is -0.531. The molecule has 0 heterocycles. The van der Waals surface area contributed by atoms with Crippen molar-refractivity contribution < 1.29 is 23.9 Å². The third-order valence-electron chi connectivity index (χ3n) is 4.74. The number of hydrogen-bond acceptors (Lipinski definition) is 5. The summed E-state index contributed by atoms with van der Waals surface area (Å²) in [4.78, 5) is 36.6. The van der Waals surface area contributed by atoms with Gasteiger partial charge < -0.3 is 9.47 Å². The van der Waals surface area contributed by atoms with Gasteiger partial charge in [0.25, 0.3) is 11.8 Å². The number of carbonyl (C=O) groups is 3. The lowest BCUT2D eigenvalue weighted by Gasteiger charge is -2.17. The summed E-state index contributed by atoms with van der Waals surface area (Å²) < 4.78 is 10.2. The Balaban J connectivity index is 1.56. The standard InChI is InChI=1S/C25H23NO5/c1-30-21-14-12-20(13-15-21)25(29)26-23(27)17-31-24(28)16-22(18-8-4-2-5-9-18)19-10-6-3-7-11-19/h2-15,22H,16-17H2,1H3,(H,26,27,29). The first kappa shape index (κ1) is 21.8. The van der Waals surface area contributed by atoms with E-state index in [0.717, 1.165) is 11.1 Å². The van der Waals surface area contributed by atoms with Crippen molar-refractivity contribution in [1.82, 2.24) is 5.32 Å². The van der Waals surface area contributed by atoms with E-state index in [9.17, 15) is 14.4 Å². The van der Waals surface area contributed by atoms with Gasteiger partial charge in [0.15, 0.2) is 6.61 Å². The van der Waals surface area contributed by atoms with E-state index >= 15 is 0 Å². The second-order valence-electron chi connectivity index (χ2n) is 6.84. The number of benzene rings is 3. The van der Waals surface area contributed by atoms with Crippen molar-refractivity contribution in [3.8, 4) is 5.75 Å². The Morgan fingerprint density at radius 2 is 1.35 bits per heavy atom. The van der Waals surface area contributed by atoms with Gasteiger partial charge in [-0.05, 0) is 35.4 Å². The summed E-state index contributed by atoms with van der Waals surface area (Å²) in [7, 11) is 1.52. The molecule has 0 aliphatic carbocycles. The van der Waals surface area contributed by atoms with Crippen LogP contribution >= 0.6 is 0 Å². The second-order valence-corrected chi connectivity index (χ2v) is 6.84. The average molecular weight is 417 g/mol. The van der Waals surface area contributed by atoms with Crippen LogP contribution in [0.3, 0.4) is 0 Å². The summed E-state index contributed by atoms with van der Waals surface area (Å²) in [6, 6.07) is 25.6. The first-order valence-corrected chi connectivity index (χ1v) is 9.80. The van der Waals surface area contributed by atoms with E-state index in [0.29, 0.717) is 11.3 Å². The number of esters is 1. The van der Waals surface area contributed by atoms with E-state index in [-0.39, 0.29) is 12.3 Å². The largest absolute Gasteiger partial charge is 0.497 e. The normalized spacial score (nSPS) is 10.4. The van der Waals surface area contributed by atoms with Crippen LogP contribution in [0.1, 0.15) is 33.8 Å². The molecule has 3 rings (SSSR count). The van der Waals surface area contributed by atoms with E-state index in [4.69, 9.17) is 9.47 Å². The highest BCUT2D eigenvalue weighted by Crippen LogP contribution is 2.28. The van der Waals surface area contributed by atoms with Crippen molar-refractivity contribution in [1.29, 1.82) is 0 Å². The molecule has 6 heteroatoms. The molecule has 0 fully saturated rings. The topological polar surface area (TPSA) is 81.7 Å². The van der Waals surface area contributed by atoms with Crippen molar-refractivity contribution in [2.24, 2.45) is 0 Å². The number of amides is 2. The maximum absolute atomic E-state index is 12.4. The average Bonchev–Trinajstić information content (AvgIpc) is 2.82. The van der Waals surface area contributed by atoms with Crippen LogP contribution in [0.4, 0.5) is 0 Å². The zero-order valence-corrected chi connectivity index (χ0v) is 17.1. The minimum atomic E-state index is -0.690. The molecule has 3 aromatic rings. The van der Waals surface area contributed by atoms with Gasteiger partial charge in [0.1, 0.15) is 5.75 Å². The van der Waals surface area contributed by atoms with Crippen LogP contribution in [-0.4, -0.2) is 31.5 Å². The molecule has 0 aromatic heterocycles. The van der Waals surface area contributed by atoms with Crippen LogP contribution in [0.25, 0.3) is 0 Å². The number of nitrogens with one attached hydrogen (secondary N) is 1. The van der Waals surface area contributed by atoms with Crippen molar-refractivity contribution in [3.63, 3.8) is 0 Å². The first-order chi connectivity index (χ1) is 15.1. The van der Waals surface area contributed by atoms with Crippen molar-refractivity contribution in [3.05, 3.63) is 102 Å². The summed E-state index contributed by atoms with van der Waals surface area (Å²) in [5.74, 6) is -1.38. The Morgan fingerprint density at radius 1 is 0.806 bits per heavy atom. The maximum atomic E-state index is 12.4. The number of methoxy groups -OCH3 is 1. The van der Waals surface area contributed by atoms with Gasteiger partial charge in [0.2, 0.25) is 0 Å². The Morgan fingerprint density at radius 3 is 1.87 bits per heavy atom. The van der Waals surface area contributed by atoms with Crippen molar-refractivity contribution in [2.75, 3.05) is 13.7 Å². The Labute approximate surface area is 180 Å². The lowest BCUT2D eigenvalue weighted by Crippen LogP contribution is -2.34. The molecule has 0 saturated carbocycles. The molecular formula is C25H23NO5. The third kappa shape index (κ3) is 6.27. The molecule has 0 spiro atoms. The van der Waals surface area contributed by atoms with Gasteiger partial charge >= 0.3 is 5.97 Å². The van der Waals surface area contributed by atoms with Gasteiger partial charge in [-0.1, -0.05) is 60.7 Å². The van der Waals surface area contributed by atoms with Gasteiger partial charge in [-0.2, -0.15) is 0 Å². The lowest BCUT2D eigenvalue weighted by atomic mass is 9.89. The Hall–Kier alpha value is -3.93. The lowest BCUT2D eigenvalue weighted by molar-refractivity contribution is -0.148. The van der Waals surface area contributed by atoms with E-state index < -0.39 is 24.4 Å². The number of imide groups is 1. The molecule has 1 N–H and O–H groups in total. The molecule has 0 bridgehead atoms. The number of rotatable bonds is 8. The molecule has 0 aliphatic heterocycles. The highest BCUT2D eigenvalue weighted by atomic mass is 16.5. The predicted octanol–water partition coefficient (Wildman–Crippen LogP) is 3.72. The number of ether oxygens (including phenoxy) is 2. The fraction of sp³-hybridized carbons (Fsp3) is 0.160. The van der Waals surface area contributed by atoms with Gasteiger partial charge in [-0.25, -0.2) is 0 Å². The van der Waals surface area contributed by atoms with Crippen LogP contribution in [-0.2, 0) is 14.3 Å². The summed E-state index contributed by atoms with van der Waals surface area (Å²) in [5.41, 5.74) is 2.25. The first-order valence-electron chi connectivity index (χ1n) is 9.80. The molecule has 0 unspecified atom stereocenters. The van der Waals surface area contributed by atoms with Crippen LogP contribution < -0.4 is 10.1 Å². The molecule has 31 heavy (non-hydrogen) atoms. The third-order valence-corrected chi connectivity index (χ3v) is 4.74. The smallest absolute Gasteiger partial charge is 0.307 e. The van der Waals surface area contributed by atoms with E-state index in [1.54, 1.807) is 12.1 Å². The molecule has 0 radical (unpaired) electrons. The number of carbonyl (C=O) groups excluding carboxylic acids is 3. The molecule has 2 amide bonds.